The first kappa shape index (κ1) is 23.2. The zero-order chi connectivity index (χ0) is 23.5. The number of ether oxygens (including phenoxy) is 3. The molecule has 2 saturated heterocycles. The van der Waals surface area contributed by atoms with E-state index in [1.54, 1.807) is 7.11 Å². The molecule has 3 aliphatic rings. The molecule has 34 heavy (non-hydrogen) atoms. The van der Waals surface area contributed by atoms with Crippen LogP contribution < -0.4 is 14.4 Å². The summed E-state index contributed by atoms with van der Waals surface area (Å²) in [4.78, 5) is 17.3. The van der Waals surface area contributed by atoms with Gasteiger partial charge in [0, 0.05) is 38.3 Å². The first-order valence-corrected chi connectivity index (χ1v) is 12.7. The zero-order valence-corrected chi connectivity index (χ0v) is 20.4. The lowest BCUT2D eigenvalue weighted by atomic mass is 10.1. The Hall–Kier alpha value is -2.57. The second-order valence-corrected chi connectivity index (χ2v) is 9.81. The molecule has 0 bridgehead atoms. The number of anilines is 1. The van der Waals surface area contributed by atoms with E-state index in [0.717, 1.165) is 48.4 Å². The van der Waals surface area contributed by atoms with Crippen LogP contribution in [-0.2, 0) is 9.53 Å². The van der Waals surface area contributed by atoms with Crippen molar-refractivity contribution in [3.05, 3.63) is 53.6 Å². The normalized spacial score (nSPS) is 23.0. The van der Waals surface area contributed by atoms with E-state index in [1.807, 2.05) is 42.2 Å². The standard InChI is InChI=1S/C28H36N2O4/c1-20-18-23(9-12-26(20)33-17-16-29-14-3-4-24(29)19-32-2)30-15-13-27(28(30)31)34-25-10-7-22(8-11-25)21-5-6-21/h7-12,18,21,24,27H,3-6,13-17,19H2,1-2H3/t24-,27-/m0/s1. The van der Waals surface area contributed by atoms with E-state index in [4.69, 9.17) is 14.2 Å². The fraction of sp³-hybridized carbons (Fsp3) is 0.536. The average molecular weight is 465 g/mol. The molecule has 2 atom stereocenters. The Morgan fingerprint density at radius 1 is 1.00 bits per heavy atom. The zero-order valence-electron chi connectivity index (χ0n) is 20.4. The fourth-order valence-corrected chi connectivity index (χ4v) is 5.23. The Kier molecular flexibility index (Phi) is 7.07. The summed E-state index contributed by atoms with van der Waals surface area (Å²) in [6.45, 7) is 6.16. The largest absolute Gasteiger partial charge is 0.492 e. The van der Waals surface area contributed by atoms with Crippen LogP contribution in [0, 0.1) is 6.92 Å². The third-order valence-corrected chi connectivity index (χ3v) is 7.33. The van der Waals surface area contributed by atoms with Crippen molar-refractivity contribution in [2.24, 2.45) is 0 Å². The van der Waals surface area contributed by atoms with Gasteiger partial charge in [-0.25, -0.2) is 0 Å². The van der Waals surface area contributed by atoms with Gasteiger partial charge in [-0.15, -0.1) is 0 Å². The van der Waals surface area contributed by atoms with Gasteiger partial charge >= 0.3 is 0 Å². The highest BCUT2D eigenvalue weighted by Gasteiger charge is 2.34. The molecule has 0 aromatic heterocycles. The number of rotatable bonds is 10. The number of methoxy groups -OCH3 is 1. The topological polar surface area (TPSA) is 51.2 Å². The molecule has 0 radical (unpaired) electrons. The van der Waals surface area contributed by atoms with Crippen molar-refractivity contribution in [3.63, 3.8) is 0 Å². The van der Waals surface area contributed by atoms with Gasteiger partial charge in [-0.3, -0.25) is 9.69 Å². The number of nitrogens with zero attached hydrogens (tertiary/aromatic N) is 2. The Labute approximate surface area is 202 Å². The minimum absolute atomic E-state index is 0.0255. The number of hydrogen-bond donors (Lipinski definition) is 0. The van der Waals surface area contributed by atoms with Crippen molar-refractivity contribution in [2.75, 3.05) is 44.9 Å². The van der Waals surface area contributed by atoms with Crippen molar-refractivity contribution < 1.29 is 19.0 Å². The van der Waals surface area contributed by atoms with Crippen molar-refractivity contribution in [1.82, 2.24) is 4.90 Å². The maximum atomic E-state index is 13.0. The highest BCUT2D eigenvalue weighted by molar-refractivity contribution is 5.99. The van der Waals surface area contributed by atoms with Gasteiger partial charge in [0.2, 0.25) is 0 Å². The van der Waals surface area contributed by atoms with Crippen LogP contribution in [0.2, 0.25) is 0 Å². The summed E-state index contributed by atoms with van der Waals surface area (Å²) in [5.74, 6) is 2.40. The van der Waals surface area contributed by atoms with Crippen LogP contribution >= 0.6 is 0 Å². The van der Waals surface area contributed by atoms with Gasteiger partial charge in [0.15, 0.2) is 6.10 Å². The number of carbonyl (C=O) groups excluding carboxylic acids is 1. The number of aryl methyl sites for hydroxylation is 1. The molecule has 5 rings (SSSR count). The SMILES string of the molecule is COC[C@@H]1CCCN1CCOc1ccc(N2CC[C@H](Oc3ccc(C4CC4)cc3)C2=O)cc1C. The van der Waals surface area contributed by atoms with Crippen LogP contribution in [0.25, 0.3) is 0 Å². The van der Waals surface area contributed by atoms with Crippen molar-refractivity contribution in [2.45, 2.75) is 57.1 Å². The third-order valence-electron chi connectivity index (χ3n) is 7.33. The molecule has 0 spiro atoms. The summed E-state index contributed by atoms with van der Waals surface area (Å²) < 4.78 is 17.5. The summed E-state index contributed by atoms with van der Waals surface area (Å²) in [5, 5.41) is 0. The van der Waals surface area contributed by atoms with Crippen molar-refractivity contribution in [3.8, 4) is 11.5 Å². The Balaban J connectivity index is 1.14. The molecule has 3 fully saturated rings. The minimum Gasteiger partial charge on any atom is -0.492 e. The van der Waals surface area contributed by atoms with Gasteiger partial charge in [0.25, 0.3) is 5.91 Å². The molecule has 2 aromatic carbocycles. The molecule has 0 unspecified atom stereocenters. The monoisotopic (exact) mass is 464 g/mol. The number of carbonyl (C=O) groups is 1. The summed E-state index contributed by atoms with van der Waals surface area (Å²) in [6, 6.07) is 14.8. The fourth-order valence-electron chi connectivity index (χ4n) is 5.23. The predicted octanol–water partition coefficient (Wildman–Crippen LogP) is 4.55. The second-order valence-electron chi connectivity index (χ2n) is 9.81. The van der Waals surface area contributed by atoms with E-state index in [0.29, 0.717) is 25.6 Å². The summed E-state index contributed by atoms with van der Waals surface area (Å²) >= 11 is 0. The molecule has 2 heterocycles. The summed E-state index contributed by atoms with van der Waals surface area (Å²) in [5.41, 5.74) is 3.32. The first-order chi connectivity index (χ1) is 16.6. The molecule has 6 heteroatoms. The lowest BCUT2D eigenvalue weighted by molar-refractivity contribution is -0.122. The molecule has 6 nitrogen and oxygen atoms in total. The van der Waals surface area contributed by atoms with E-state index in [-0.39, 0.29) is 5.91 Å². The van der Waals surface area contributed by atoms with Crippen molar-refractivity contribution >= 4 is 11.6 Å². The van der Waals surface area contributed by atoms with Gasteiger partial charge in [0.1, 0.15) is 18.1 Å². The number of amides is 1. The molecule has 1 amide bonds. The molecule has 2 aliphatic heterocycles. The smallest absolute Gasteiger partial charge is 0.268 e. The van der Waals surface area contributed by atoms with E-state index in [9.17, 15) is 4.79 Å². The van der Waals surface area contributed by atoms with Crippen LogP contribution in [0.1, 0.15) is 49.1 Å². The molecular formula is C28H36N2O4. The van der Waals surface area contributed by atoms with Gasteiger partial charge in [0.05, 0.1) is 6.61 Å². The van der Waals surface area contributed by atoms with Crippen molar-refractivity contribution in [1.29, 1.82) is 0 Å². The molecule has 1 aliphatic carbocycles. The molecular weight excluding hydrogens is 428 g/mol. The van der Waals surface area contributed by atoms with Gasteiger partial charge < -0.3 is 19.1 Å². The van der Waals surface area contributed by atoms with Gasteiger partial charge in [-0.1, -0.05) is 12.1 Å². The Morgan fingerprint density at radius 2 is 1.82 bits per heavy atom. The molecule has 1 saturated carbocycles. The maximum absolute atomic E-state index is 13.0. The third kappa shape index (κ3) is 5.23. The lowest BCUT2D eigenvalue weighted by Gasteiger charge is -2.24. The highest BCUT2D eigenvalue weighted by Crippen LogP contribution is 2.40. The molecule has 182 valence electrons. The number of benzene rings is 2. The lowest BCUT2D eigenvalue weighted by Crippen LogP contribution is -2.36. The van der Waals surface area contributed by atoms with Crippen LogP contribution in [0.5, 0.6) is 11.5 Å². The predicted molar refractivity (Wildman–Crippen MR) is 133 cm³/mol. The van der Waals surface area contributed by atoms with E-state index in [1.165, 1.54) is 31.2 Å². The Bertz CT molecular complexity index is 988. The summed E-state index contributed by atoms with van der Waals surface area (Å²) in [7, 11) is 1.77. The maximum Gasteiger partial charge on any atom is 0.268 e. The Morgan fingerprint density at radius 3 is 2.56 bits per heavy atom. The second kappa shape index (κ2) is 10.4. The van der Waals surface area contributed by atoms with Crippen LogP contribution in [-0.4, -0.2) is 62.9 Å². The summed E-state index contributed by atoms with van der Waals surface area (Å²) in [6.07, 6.45) is 5.26. The average Bonchev–Trinajstić information content (AvgIpc) is 3.51. The van der Waals surface area contributed by atoms with E-state index >= 15 is 0 Å². The first-order valence-electron chi connectivity index (χ1n) is 12.7. The highest BCUT2D eigenvalue weighted by atomic mass is 16.5. The molecule has 0 N–H and O–H groups in total. The van der Waals surface area contributed by atoms with Crippen LogP contribution in [0.4, 0.5) is 5.69 Å². The quantitative estimate of drug-likeness (QED) is 0.517. The molecule has 2 aromatic rings. The van der Waals surface area contributed by atoms with Gasteiger partial charge in [-0.2, -0.15) is 0 Å². The van der Waals surface area contributed by atoms with Crippen LogP contribution in [0.15, 0.2) is 42.5 Å². The van der Waals surface area contributed by atoms with E-state index < -0.39 is 6.10 Å². The van der Waals surface area contributed by atoms with Crippen LogP contribution in [0.3, 0.4) is 0 Å². The van der Waals surface area contributed by atoms with E-state index in [2.05, 4.69) is 17.0 Å². The number of hydrogen-bond acceptors (Lipinski definition) is 5. The number of likely N-dealkylation sites (tertiary alicyclic amines) is 1. The van der Waals surface area contributed by atoms with Gasteiger partial charge in [-0.05, 0) is 86.5 Å². The minimum atomic E-state index is -0.427.